The molecule has 0 aromatic heterocycles. The summed E-state index contributed by atoms with van der Waals surface area (Å²) < 4.78 is 0. The van der Waals surface area contributed by atoms with Crippen LogP contribution in [0.3, 0.4) is 0 Å². The van der Waals surface area contributed by atoms with Gasteiger partial charge in [-0.25, -0.2) is 0 Å². The smallest absolute Gasteiger partial charge is 0.0525 e. The van der Waals surface area contributed by atoms with E-state index in [2.05, 4.69) is 74.5 Å². The first kappa shape index (κ1) is 14.4. The molecule has 0 spiro atoms. The average molecular weight is 301 g/mol. The Bertz CT molecular complexity index is 629. The fraction of sp³-hybridized carbons (Fsp3) is 0.412. The van der Waals surface area contributed by atoms with Crippen molar-refractivity contribution >= 4 is 23.1 Å². The van der Waals surface area contributed by atoms with E-state index in [-0.39, 0.29) is 0 Å². The first-order valence-corrected chi connectivity index (χ1v) is 8.15. The number of thioether (sulfide) groups is 1. The predicted octanol–water partition coefficient (Wildman–Crippen LogP) is 3.97. The standard InChI is InChI=1S/C17H23N3S/c1-11-8-14-17(10-15(11)20(4)5)21-16-9-12(19(2)3)6-7-13(16)18-14/h6-7,9-11,18H,8H2,1-5H3. The minimum Gasteiger partial charge on any atom is -0.381 e. The topological polar surface area (TPSA) is 18.5 Å². The van der Waals surface area contributed by atoms with Gasteiger partial charge in [-0.1, -0.05) is 18.7 Å². The maximum atomic E-state index is 3.63. The quantitative estimate of drug-likeness (QED) is 0.890. The average Bonchev–Trinajstić information content (AvgIpc) is 2.43. The van der Waals surface area contributed by atoms with Gasteiger partial charge in [-0.3, -0.25) is 0 Å². The maximum absolute atomic E-state index is 3.63. The number of hydrogen-bond donors (Lipinski definition) is 1. The zero-order valence-electron chi connectivity index (χ0n) is 13.4. The van der Waals surface area contributed by atoms with Crippen LogP contribution in [-0.4, -0.2) is 33.1 Å². The van der Waals surface area contributed by atoms with Crippen molar-refractivity contribution in [3.63, 3.8) is 0 Å². The third-order valence-corrected chi connectivity index (χ3v) is 5.24. The zero-order valence-corrected chi connectivity index (χ0v) is 14.2. The Hall–Kier alpha value is -1.55. The minimum absolute atomic E-state index is 0.564. The first-order chi connectivity index (χ1) is 9.95. The highest BCUT2D eigenvalue weighted by Gasteiger charge is 2.26. The molecule has 2 aliphatic rings. The van der Waals surface area contributed by atoms with Crippen molar-refractivity contribution in [3.8, 4) is 0 Å². The number of nitrogens with one attached hydrogen (secondary N) is 1. The van der Waals surface area contributed by atoms with Gasteiger partial charge in [0.1, 0.15) is 0 Å². The maximum Gasteiger partial charge on any atom is 0.0525 e. The Balaban J connectivity index is 1.95. The van der Waals surface area contributed by atoms with Crippen LogP contribution in [-0.2, 0) is 0 Å². The molecule has 1 atom stereocenters. The summed E-state index contributed by atoms with van der Waals surface area (Å²) >= 11 is 1.88. The lowest BCUT2D eigenvalue weighted by Crippen LogP contribution is -2.23. The van der Waals surface area contributed by atoms with Crippen LogP contribution in [0.25, 0.3) is 0 Å². The number of hydrogen-bond acceptors (Lipinski definition) is 4. The number of allylic oxidation sites excluding steroid dienone is 3. The number of anilines is 2. The Morgan fingerprint density at radius 1 is 1.14 bits per heavy atom. The largest absolute Gasteiger partial charge is 0.381 e. The van der Waals surface area contributed by atoms with E-state index in [4.69, 9.17) is 0 Å². The molecule has 3 nitrogen and oxygen atoms in total. The second-order valence-corrected chi connectivity index (χ2v) is 7.30. The summed E-state index contributed by atoms with van der Waals surface area (Å²) in [6, 6.07) is 6.63. The Morgan fingerprint density at radius 3 is 2.57 bits per heavy atom. The Labute approximate surface area is 131 Å². The van der Waals surface area contributed by atoms with E-state index in [1.165, 1.54) is 32.6 Å². The van der Waals surface area contributed by atoms with E-state index in [9.17, 15) is 0 Å². The van der Waals surface area contributed by atoms with Crippen molar-refractivity contribution in [2.45, 2.75) is 18.2 Å². The van der Waals surface area contributed by atoms with Crippen molar-refractivity contribution in [1.29, 1.82) is 0 Å². The lowest BCUT2D eigenvalue weighted by atomic mass is 9.95. The second-order valence-electron chi connectivity index (χ2n) is 6.21. The molecular formula is C17H23N3S. The van der Waals surface area contributed by atoms with Crippen molar-refractivity contribution in [3.05, 3.63) is 40.6 Å². The SMILES string of the molecule is CC1CC2=C(C=C1N(C)C)Sc1cc(N(C)C)ccc1N2. The van der Waals surface area contributed by atoms with Crippen LogP contribution in [0.4, 0.5) is 11.4 Å². The highest BCUT2D eigenvalue weighted by molar-refractivity contribution is 8.03. The normalized spacial score (nSPS) is 20.2. The van der Waals surface area contributed by atoms with Crippen LogP contribution >= 0.6 is 11.8 Å². The molecule has 0 bridgehead atoms. The number of rotatable bonds is 2. The molecule has 1 aliphatic heterocycles. The lowest BCUT2D eigenvalue weighted by molar-refractivity contribution is 0.425. The summed E-state index contributed by atoms with van der Waals surface area (Å²) in [6.45, 7) is 2.30. The second kappa shape index (κ2) is 5.34. The molecule has 1 aliphatic carbocycles. The summed E-state index contributed by atoms with van der Waals surface area (Å²) in [5.74, 6) is 0.564. The third kappa shape index (κ3) is 2.64. The molecule has 0 saturated carbocycles. The van der Waals surface area contributed by atoms with Gasteiger partial charge in [0.15, 0.2) is 0 Å². The molecule has 0 amide bonds. The summed E-state index contributed by atoms with van der Waals surface area (Å²) in [7, 11) is 8.43. The van der Waals surface area contributed by atoms with Crippen LogP contribution < -0.4 is 10.2 Å². The van der Waals surface area contributed by atoms with Gasteiger partial charge in [-0.2, -0.15) is 0 Å². The van der Waals surface area contributed by atoms with Gasteiger partial charge in [-0.15, -0.1) is 0 Å². The van der Waals surface area contributed by atoms with Crippen LogP contribution in [0.2, 0.25) is 0 Å². The molecule has 1 unspecified atom stereocenters. The number of nitrogens with zero attached hydrogens (tertiary/aromatic N) is 2. The van der Waals surface area contributed by atoms with Gasteiger partial charge in [0, 0.05) is 61.0 Å². The molecular weight excluding hydrogens is 278 g/mol. The Kier molecular flexibility index (Phi) is 3.66. The molecule has 0 radical (unpaired) electrons. The molecule has 0 fully saturated rings. The lowest BCUT2D eigenvalue weighted by Gasteiger charge is -2.33. The van der Waals surface area contributed by atoms with Gasteiger partial charge in [0.25, 0.3) is 0 Å². The minimum atomic E-state index is 0.564. The van der Waals surface area contributed by atoms with Gasteiger partial charge in [0.05, 0.1) is 5.69 Å². The highest BCUT2D eigenvalue weighted by atomic mass is 32.2. The molecule has 4 heteroatoms. The molecule has 1 aromatic carbocycles. The summed E-state index contributed by atoms with van der Waals surface area (Å²) in [5, 5.41) is 3.63. The zero-order chi connectivity index (χ0) is 15.1. The monoisotopic (exact) mass is 301 g/mol. The van der Waals surface area contributed by atoms with Crippen molar-refractivity contribution in [1.82, 2.24) is 4.90 Å². The van der Waals surface area contributed by atoms with Gasteiger partial charge >= 0.3 is 0 Å². The van der Waals surface area contributed by atoms with E-state index < -0.39 is 0 Å². The fourth-order valence-electron chi connectivity index (χ4n) is 2.91. The van der Waals surface area contributed by atoms with Crippen LogP contribution in [0.1, 0.15) is 13.3 Å². The summed E-state index contributed by atoms with van der Waals surface area (Å²) in [6.07, 6.45) is 3.42. The van der Waals surface area contributed by atoms with E-state index in [1.54, 1.807) is 0 Å². The molecule has 0 saturated heterocycles. The molecule has 21 heavy (non-hydrogen) atoms. The van der Waals surface area contributed by atoms with Crippen LogP contribution in [0.5, 0.6) is 0 Å². The number of benzene rings is 1. The van der Waals surface area contributed by atoms with E-state index in [0.717, 1.165) is 6.42 Å². The first-order valence-electron chi connectivity index (χ1n) is 7.34. The van der Waals surface area contributed by atoms with E-state index >= 15 is 0 Å². The van der Waals surface area contributed by atoms with E-state index in [0.29, 0.717) is 5.92 Å². The highest BCUT2D eigenvalue weighted by Crippen LogP contribution is 2.46. The van der Waals surface area contributed by atoms with Crippen molar-refractivity contribution in [2.75, 3.05) is 38.4 Å². The summed E-state index contributed by atoms with van der Waals surface area (Å²) in [4.78, 5) is 7.05. The summed E-state index contributed by atoms with van der Waals surface area (Å²) in [5.41, 5.74) is 5.25. The van der Waals surface area contributed by atoms with Gasteiger partial charge < -0.3 is 15.1 Å². The molecule has 1 aromatic rings. The predicted molar refractivity (Wildman–Crippen MR) is 92.8 cm³/mol. The number of fused-ring (bicyclic) bond motifs is 1. The molecule has 1 heterocycles. The van der Waals surface area contributed by atoms with Crippen LogP contribution in [0.15, 0.2) is 45.5 Å². The molecule has 3 rings (SSSR count). The fourth-order valence-corrected chi connectivity index (χ4v) is 3.99. The van der Waals surface area contributed by atoms with Gasteiger partial charge in [0.2, 0.25) is 0 Å². The van der Waals surface area contributed by atoms with Crippen molar-refractivity contribution < 1.29 is 0 Å². The Morgan fingerprint density at radius 2 is 1.90 bits per heavy atom. The molecule has 112 valence electrons. The van der Waals surface area contributed by atoms with E-state index in [1.807, 2.05) is 11.8 Å². The molecule has 1 N–H and O–H groups in total. The van der Waals surface area contributed by atoms with Gasteiger partial charge in [-0.05, 0) is 30.7 Å². The third-order valence-electron chi connectivity index (χ3n) is 4.10. The van der Waals surface area contributed by atoms with Crippen molar-refractivity contribution in [2.24, 2.45) is 5.92 Å². The van der Waals surface area contributed by atoms with Crippen LogP contribution in [0, 0.1) is 5.92 Å².